The van der Waals surface area contributed by atoms with E-state index in [1.807, 2.05) is 97.1 Å². The number of benzene rings is 3. The summed E-state index contributed by atoms with van der Waals surface area (Å²) in [5.74, 6) is 1.66. The van der Waals surface area contributed by atoms with Gasteiger partial charge in [0.1, 0.15) is 5.75 Å². The Hall–Kier alpha value is -7.23. The molecule has 3 aromatic carbocycles. The van der Waals surface area contributed by atoms with Crippen molar-refractivity contribution in [3.63, 3.8) is 0 Å². The molecule has 0 unspecified atom stereocenters. The summed E-state index contributed by atoms with van der Waals surface area (Å²) in [6.07, 6.45) is 4.01. The number of ether oxygens (including phenoxy) is 3. The molecule has 8 rings (SSSR count). The van der Waals surface area contributed by atoms with Crippen molar-refractivity contribution in [3.8, 4) is 62.8 Å². The first kappa shape index (κ1) is 31.1. The maximum atomic E-state index is 9.51. The minimum absolute atomic E-state index is 0.539. The van der Waals surface area contributed by atoms with Gasteiger partial charge in [-0.05, 0) is 90.0 Å². The molecule has 0 aliphatic carbocycles. The SMILES string of the molecule is COc1cc(OC)c(-c2c3nc(c(-c4ccc(C#N)cc4)c4ccc([nH]4)c4ccc([nH]4)c(-c4ccc(C#N)cc4)c4ccc2[nH]4)C=C3)cc1OC. The van der Waals surface area contributed by atoms with E-state index in [1.54, 1.807) is 21.3 Å². The van der Waals surface area contributed by atoms with Gasteiger partial charge in [-0.25, -0.2) is 4.98 Å². The lowest BCUT2D eigenvalue weighted by Crippen LogP contribution is -1.96. The van der Waals surface area contributed by atoms with Crippen molar-refractivity contribution in [2.24, 2.45) is 0 Å². The molecular weight excluding hydrogens is 637 g/mol. The maximum absolute atomic E-state index is 9.51. The van der Waals surface area contributed by atoms with Crippen molar-refractivity contribution in [3.05, 3.63) is 120 Å². The second kappa shape index (κ2) is 12.7. The third-order valence-corrected chi connectivity index (χ3v) is 9.16. The highest BCUT2D eigenvalue weighted by Crippen LogP contribution is 2.44. The number of nitriles is 2. The normalized spacial score (nSPS) is 11.3. The fourth-order valence-corrected chi connectivity index (χ4v) is 6.69. The van der Waals surface area contributed by atoms with Gasteiger partial charge in [-0.3, -0.25) is 0 Å². The molecule has 1 aliphatic heterocycles. The summed E-state index contributed by atoms with van der Waals surface area (Å²) in [4.78, 5) is 16.3. The van der Waals surface area contributed by atoms with Crippen molar-refractivity contribution in [2.45, 2.75) is 0 Å². The third-order valence-electron chi connectivity index (χ3n) is 9.16. The topological polar surface area (TPSA) is 136 Å². The molecule has 1 aliphatic rings. The van der Waals surface area contributed by atoms with Crippen LogP contribution >= 0.6 is 0 Å². The van der Waals surface area contributed by atoms with Gasteiger partial charge < -0.3 is 29.2 Å². The van der Waals surface area contributed by atoms with Crippen LogP contribution in [-0.4, -0.2) is 41.3 Å². The van der Waals surface area contributed by atoms with Gasteiger partial charge in [0.2, 0.25) is 0 Å². The summed E-state index contributed by atoms with van der Waals surface area (Å²) >= 11 is 0. The average molecular weight is 667 g/mol. The predicted molar refractivity (Wildman–Crippen MR) is 201 cm³/mol. The number of aromatic amines is 3. The summed E-state index contributed by atoms with van der Waals surface area (Å²) in [5.41, 5.74) is 13.0. The minimum Gasteiger partial charge on any atom is -0.496 e. The number of H-pyrrole nitrogens is 3. The van der Waals surface area contributed by atoms with E-state index in [4.69, 9.17) is 19.2 Å². The molecule has 0 saturated carbocycles. The molecular formula is C42H30N6O3. The fourth-order valence-electron chi connectivity index (χ4n) is 6.69. The van der Waals surface area contributed by atoms with Gasteiger partial charge in [0, 0.05) is 50.4 Å². The Labute approximate surface area is 293 Å². The van der Waals surface area contributed by atoms with Crippen LogP contribution in [0.4, 0.5) is 0 Å². The van der Waals surface area contributed by atoms with E-state index >= 15 is 0 Å². The molecule has 0 saturated heterocycles. The number of hydrogen-bond acceptors (Lipinski definition) is 6. The van der Waals surface area contributed by atoms with E-state index in [-0.39, 0.29) is 0 Å². The molecule has 3 N–H and O–H groups in total. The lowest BCUT2D eigenvalue weighted by Gasteiger charge is -2.15. The first-order valence-electron chi connectivity index (χ1n) is 16.2. The zero-order chi connectivity index (χ0) is 35.1. The Kier molecular flexibility index (Phi) is 7.71. The van der Waals surface area contributed by atoms with Crippen LogP contribution < -0.4 is 14.2 Å². The number of aromatic nitrogens is 4. The van der Waals surface area contributed by atoms with Crippen molar-refractivity contribution < 1.29 is 14.2 Å². The molecule has 8 bridgehead atoms. The number of nitrogens with one attached hydrogen (secondary N) is 3. The fraction of sp³-hybridized carbons (Fsp3) is 0.0714. The molecule has 51 heavy (non-hydrogen) atoms. The van der Waals surface area contributed by atoms with Crippen molar-refractivity contribution in [2.75, 3.05) is 21.3 Å². The number of rotatable bonds is 6. The van der Waals surface area contributed by atoms with Gasteiger partial charge in [-0.15, -0.1) is 0 Å². The van der Waals surface area contributed by atoms with Gasteiger partial charge in [0.15, 0.2) is 11.5 Å². The zero-order valence-corrected chi connectivity index (χ0v) is 28.0. The lowest BCUT2D eigenvalue weighted by molar-refractivity contribution is 0.349. The first-order chi connectivity index (χ1) is 25.0. The smallest absolute Gasteiger partial charge is 0.164 e. The highest BCUT2D eigenvalue weighted by Gasteiger charge is 2.21. The van der Waals surface area contributed by atoms with Crippen molar-refractivity contribution in [1.82, 2.24) is 19.9 Å². The van der Waals surface area contributed by atoms with Gasteiger partial charge in [-0.1, -0.05) is 24.3 Å². The van der Waals surface area contributed by atoms with E-state index in [9.17, 15) is 10.5 Å². The van der Waals surface area contributed by atoms with Crippen LogP contribution in [0.2, 0.25) is 0 Å². The molecule has 0 fully saturated rings. The molecule has 5 heterocycles. The maximum Gasteiger partial charge on any atom is 0.164 e. The van der Waals surface area contributed by atoms with E-state index in [0.29, 0.717) is 34.1 Å². The summed E-state index contributed by atoms with van der Waals surface area (Å²) in [6.45, 7) is 0. The standard InChI is InChI=1S/C42H30N6O3/c1-49-37-21-39(51-3)38(50-2)20-28(37)42-35-18-16-33(47-35)40(26-8-4-24(22-43)5-9-26)31-14-12-29(45-31)30-13-15-32(46-30)41(34-17-19-36(42)48-34)27-10-6-25(23-44)7-11-27/h4-21,45-47H,1-3H3. The number of nitrogens with zero attached hydrogens (tertiary/aromatic N) is 3. The van der Waals surface area contributed by atoms with E-state index < -0.39 is 0 Å². The molecule has 0 radical (unpaired) electrons. The number of fused-ring (bicyclic) bond motifs is 9. The monoisotopic (exact) mass is 666 g/mol. The Morgan fingerprint density at radius 2 is 0.882 bits per heavy atom. The Morgan fingerprint density at radius 3 is 1.39 bits per heavy atom. The largest absolute Gasteiger partial charge is 0.496 e. The predicted octanol–water partition coefficient (Wildman–Crippen LogP) is 9.47. The molecule has 4 aromatic heterocycles. The molecule has 246 valence electrons. The molecule has 7 aromatic rings. The average Bonchev–Trinajstić information content (AvgIpc) is 4.01. The molecule has 0 spiro atoms. The molecule has 9 nitrogen and oxygen atoms in total. The lowest BCUT2D eigenvalue weighted by atomic mass is 10.0. The summed E-state index contributed by atoms with van der Waals surface area (Å²) in [7, 11) is 4.82. The highest BCUT2D eigenvalue weighted by atomic mass is 16.5. The van der Waals surface area contributed by atoms with Crippen LogP contribution in [0.25, 0.3) is 78.6 Å². The highest BCUT2D eigenvalue weighted by molar-refractivity contribution is 6.00. The van der Waals surface area contributed by atoms with Gasteiger partial charge in [-0.2, -0.15) is 10.5 Å². The van der Waals surface area contributed by atoms with E-state index in [2.05, 4.69) is 39.2 Å². The van der Waals surface area contributed by atoms with Crippen molar-refractivity contribution in [1.29, 1.82) is 10.5 Å². The van der Waals surface area contributed by atoms with Crippen LogP contribution in [0.5, 0.6) is 17.2 Å². The van der Waals surface area contributed by atoms with Crippen LogP contribution in [0, 0.1) is 22.7 Å². The molecule has 0 atom stereocenters. The third kappa shape index (κ3) is 5.40. The number of hydrogen-bond donors (Lipinski definition) is 3. The summed E-state index contributed by atoms with van der Waals surface area (Å²) < 4.78 is 17.3. The van der Waals surface area contributed by atoms with Gasteiger partial charge in [0.05, 0.1) is 67.0 Å². The van der Waals surface area contributed by atoms with Crippen LogP contribution in [-0.2, 0) is 0 Å². The Bertz CT molecular complexity index is 2720. The molecule has 0 amide bonds. The van der Waals surface area contributed by atoms with Gasteiger partial charge in [0.25, 0.3) is 0 Å². The van der Waals surface area contributed by atoms with Crippen LogP contribution in [0.3, 0.4) is 0 Å². The Balaban J connectivity index is 1.55. The summed E-state index contributed by atoms with van der Waals surface area (Å²) in [6, 6.07) is 35.5. The second-order valence-electron chi connectivity index (χ2n) is 12.0. The van der Waals surface area contributed by atoms with E-state index in [1.165, 1.54) is 0 Å². The van der Waals surface area contributed by atoms with Crippen molar-refractivity contribution >= 4 is 45.3 Å². The minimum atomic E-state index is 0.539. The quantitative estimate of drug-likeness (QED) is 0.162. The van der Waals surface area contributed by atoms with Crippen LogP contribution in [0.1, 0.15) is 22.5 Å². The zero-order valence-electron chi connectivity index (χ0n) is 28.0. The van der Waals surface area contributed by atoms with E-state index in [0.717, 1.165) is 72.2 Å². The second-order valence-corrected chi connectivity index (χ2v) is 12.0. The number of methoxy groups -OCH3 is 3. The van der Waals surface area contributed by atoms with Crippen LogP contribution in [0.15, 0.2) is 97.1 Å². The van der Waals surface area contributed by atoms with Gasteiger partial charge >= 0.3 is 0 Å². The Morgan fingerprint density at radius 1 is 0.471 bits per heavy atom. The first-order valence-corrected chi connectivity index (χ1v) is 16.2. The molecule has 9 heteroatoms. The summed E-state index contributed by atoms with van der Waals surface area (Å²) in [5, 5.41) is 19.0.